The van der Waals surface area contributed by atoms with Crippen molar-refractivity contribution in [2.75, 3.05) is 0 Å². The Labute approximate surface area is 181 Å². The monoisotopic (exact) mass is 425 g/mol. The van der Waals surface area contributed by atoms with Gasteiger partial charge in [0.25, 0.3) is 0 Å². The number of aliphatic imine (C=N–C) groups is 1. The van der Waals surface area contributed by atoms with Gasteiger partial charge in [-0.1, -0.05) is 64.1 Å². The van der Waals surface area contributed by atoms with Crippen molar-refractivity contribution < 1.29 is 18.3 Å². The highest BCUT2D eigenvalue weighted by Crippen LogP contribution is 2.35. The zero-order valence-corrected chi connectivity index (χ0v) is 18.0. The second-order valence-electron chi connectivity index (χ2n) is 8.20. The van der Waals surface area contributed by atoms with Crippen molar-refractivity contribution in [3.05, 3.63) is 82.9 Å². The van der Waals surface area contributed by atoms with Gasteiger partial charge in [-0.05, 0) is 58.4 Å². The number of alkyl halides is 3. The Balaban J connectivity index is 2.00. The van der Waals surface area contributed by atoms with E-state index in [4.69, 9.17) is 4.99 Å². The minimum atomic E-state index is -4.37. The summed E-state index contributed by atoms with van der Waals surface area (Å²) in [4.78, 5) is 4.73. The zero-order valence-electron chi connectivity index (χ0n) is 18.0. The molecule has 3 aromatic rings. The Kier molecular flexibility index (Phi) is 6.54. The smallest absolute Gasteiger partial charge is 0.416 e. The summed E-state index contributed by atoms with van der Waals surface area (Å²) in [6.45, 7) is 8.45. The molecular formula is C26H26F3NO. The molecule has 2 nitrogen and oxygen atoms in total. The minimum absolute atomic E-state index is 0.0625. The summed E-state index contributed by atoms with van der Waals surface area (Å²) < 4.78 is 38.5. The molecule has 31 heavy (non-hydrogen) atoms. The van der Waals surface area contributed by atoms with Crippen molar-refractivity contribution in [1.82, 2.24) is 0 Å². The number of aromatic hydroxyl groups is 1. The first-order chi connectivity index (χ1) is 14.6. The number of rotatable bonds is 5. The summed E-state index contributed by atoms with van der Waals surface area (Å²) in [5.41, 5.74) is 4.30. The molecule has 0 heterocycles. The molecule has 0 bridgehead atoms. The third-order valence-corrected chi connectivity index (χ3v) is 5.25. The van der Waals surface area contributed by atoms with Crippen molar-refractivity contribution in [3.8, 4) is 16.9 Å². The Hall–Kier alpha value is -3.08. The van der Waals surface area contributed by atoms with Gasteiger partial charge in [-0.15, -0.1) is 0 Å². The van der Waals surface area contributed by atoms with E-state index in [0.29, 0.717) is 16.7 Å². The molecule has 3 rings (SSSR count). The van der Waals surface area contributed by atoms with E-state index in [2.05, 4.69) is 39.8 Å². The Morgan fingerprint density at radius 1 is 0.806 bits per heavy atom. The van der Waals surface area contributed by atoms with E-state index in [9.17, 15) is 18.3 Å². The van der Waals surface area contributed by atoms with Crippen LogP contribution in [0.4, 0.5) is 18.9 Å². The number of hydrogen-bond acceptors (Lipinski definition) is 2. The van der Waals surface area contributed by atoms with Gasteiger partial charge in [0.05, 0.1) is 11.3 Å². The number of nitrogens with zero attached hydrogens (tertiary/aromatic N) is 1. The first kappa shape index (κ1) is 22.6. The number of hydrogen-bond donors (Lipinski definition) is 1. The maximum absolute atomic E-state index is 12.8. The van der Waals surface area contributed by atoms with E-state index < -0.39 is 11.7 Å². The lowest BCUT2D eigenvalue weighted by molar-refractivity contribution is -0.137. The van der Waals surface area contributed by atoms with E-state index in [1.54, 1.807) is 18.3 Å². The van der Waals surface area contributed by atoms with E-state index in [1.165, 1.54) is 18.2 Å². The SMILES string of the molecule is CC(C)c1cccc(C(C)C)c1/N=C/c1cc(-c2ccc(C(F)(F)F)cc2)ccc1O. The van der Waals surface area contributed by atoms with Crippen molar-refractivity contribution >= 4 is 11.9 Å². The fourth-order valence-corrected chi connectivity index (χ4v) is 3.48. The lowest BCUT2D eigenvalue weighted by Crippen LogP contribution is -2.03. The quantitative estimate of drug-likeness (QED) is 0.412. The molecule has 0 spiro atoms. The molecular weight excluding hydrogens is 399 g/mol. The minimum Gasteiger partial charge on any atom is -0.507 e. The second kappa shape index (κ2) is 8.96. The van der Waals surface area contributed by atoms with Crippen LogP contribution in [0.1, 0.15) is 61.8 Å². The summed E-state index contributed by atoms with van der Waals surface area (Å²) in [6.07, 6.45) is -2.75. The van der Waals surface area contributed by atoms with Crippen LogP contribution in [0.3, 0.4) is 0 Å². The van der Waals surface area contributed by atoms with Crippen LogP contribution in [0.5, 0.6) is 5.75 Å². The summed E-state index contributed by atoms with van der Waals surface area (Å²) >= 11 is 0. The fraction of sp³-hybridized carbons (Fsp3) is 0.269. The topological polar surface area (TPSA) is 32.6 Å². The van der Waals surface area contributed by atoms with Gasteiger partial charge in [-0.3, -0.25) is 4.99 Å². The first-order valence-electron chi connectivity index (χ1n) is 10.3. The molecule has 3 aromatic carbocycles. The molecule has 0 amide bonds. The van der Waals surface area contributed by atoms with Gasteiger partial charge in [0.2, 0.25) is 0 Å². The fourth-order valence-electron chi connectivity index (χ4n) is 3.48. The predicted molar refractivity (Wildman–Crippen MR) is 120 cm³/mol. The first-order valence-corrected chi connectivity index (χ1v) is 10.3. The standard InChI is InChI=1S/C26H26F3NO/c1-16(2)22-6-5-7-23(17(3)4)25(22)30-15-20-14-19(10-13-24(20)31)18-8-11-21(12-9-18)26(27,28)29/h5-17,31H,1-4H3/b30-15+. The number of halogens is 3. The van der Waals surface area contributed by atoms with Crippen molar-refractivity contribution in [2.24, 2.45) is 4.99 Å². The molecule has 0 saturated heterocycles. The molecule has 5 heteroatoms. The van der Waals surface area contributed by atoms with Crippen LogP contribution in [0.15, 0.2) is 65.7 Å². The van der Waals surface area contributed by atoms with E-state index in [0.717, 1.165) is 28.9 Å². The Morgan fingerprint density at radius 2 is 1.35 bits per heavy atom. The van der Waals surface area contributed by atoms with Gasteiger partial charge in [-0.2, -0.15) is 13.2 Å². The molecule has 0 unspecified atom stereocenters. The molecule has 0 fully saturated rings. The number of phenols is 1. The largest absolute Gasteiger partial charge is 0.507 e. The molecule has 0 aliphatic rings. The highest BCUT2D eigenvalue weighted by molar-refractivity contribution is 5.88. The van der Waals surface area contributed by atoms with Crippen LogP contribution in [-0.2, 0) is 6.18 Å². The van der Waals surface area contributed by atoms with Gasteiger partial charge in [0.15, 0.2) is 0 Å². The molecule has 0 radical (unpaired) electrons. The van der Waals surface area contributed by atoms with Crippen LogP contribution in [0.2, 0.25) is 0 Å². The van der Waals surface area contributed by atoms with Crippen LogP contribution in [0, 0.1) is 0 Å². The lowest BCUT2D eigenvalue weighted by Gasteiger charge is -2.16. The van der Waals surface area contributed by atoms with Gasteiger partial charge in [0, 0.05) is 11.8 Å². The number of benzene rings is 3. The molecule has 0 atom stereocenters. The Bertz CT molecular complexity index is 1050. The third-order valence-electron chi connectivity index (χ3n) is 5.25. The maximum atomic E-state index is 12.8. The lowest BCUT2D eigenvalue weighted by atomic mass is 9.93. The van der Waals surface area contributed by atoms with Crippen LogP contribution in [0.25, 0.3) is 11.1 Å². The average molecular weight is 425 g/mol. The van der Waals surface area contributed by atoms with E-state index in [1.807, 2.05) is 6.07 Å². The van der Waals surface area contributed by atoms with E-state index in [-0.39, 0.29) is 17.6 Å². The summed E-state index contributed by atoms with van der Waals surface area (Å²) in [6, 6.07) is 16.1. The van der Waals surface area contributed by atoms with Gasteiger partial charge in [0.1, 0.15) is 5.75 Å². The van der Waals surface area contributed by atoms with Gasteiger partial charge < -0.3 is 5.11 Å². The van der Waals surface area contributed by atoms with Gasteiger partial charge in [-0.25, -0.2) is 0 Å². The van der Waals surface area contributed by atoms with Crippen LogP contribution < -0.4 is 0 Å². The average Bonchev–Trinajstić information content (AvgIpc) is 2.72. The summed E-state index contributed by atoms with van der Waals surface area (Å²) in [7, 11) is 0. The van der Waals surface area contributed by atoms with Crippen molar-refractivity contribution in [3.63, 3.8) is 0 Å². The predicted octanol–water partition coefficient (Wildman–Crippen LogP) is 8.08. The number of phenolic OH excluding ortho intramolecular Hbond substituents is 1. The summed E-state index contributed by atoms with van der Waals surface area (Å²) in [5, 5.41) is 10.3. The van der Waals surface area contributed by atoms with Crippen molar-refractivity contribution in [1.29, 1.82) is 0 Å². The Morgan fingerprint density at radius 3 is 1.87 bits per heavy atom. The normalized spacial score (nSPS) is 12.3. The highest BCUT2D eigenvalue weighted by atomic mass is 19.4. The highest BCUT2D eigenvalue weighted by Gasteiger charge is 2.30. The van der Waals surface area contributed by atoms with E-state index >= 15 is 0 Å². The van der Waals surface area contributed by atoms with Crippen LogP contribution in [-0.4, -0.2) is 11.3 Å². The second-order valence-corrected chi connectivity index (χ2v) is 8.20. The molecule has 0 aromatic heterocycles. The number of para-hydroxylation sites is 1. The molecule has 0 aliphatic carbocycles. The zero-order chi connectivity index (χ0) is 22.8. The third kappa shape index (κ3) is 5.16. The summed E-state index contributed by atoms with van der Waals surface area (Å²) in [5.74, 6) is 0.642. The molecule has 0 aliphatic heterocycles. The van der Waals surface area contributed by atoms with Crippen LogP contribution >= 0.6 is 0 Å². The molecule has 1 N–H and O–H groups in total. The van der Waals surface area contributed by atoms with Crippen molar-refractivity contribution in [2.45, 2.75) is 45.7 Å². The molecule has 162 valence electrons. The van der Waals surface area contributed by atoms with Gasteiger partial charge >= 0.3 is 6.18 Å². The maximum Gasteiger partial charge on any atom is 0.416 e. The molecule has 0 saturated carbocycles.